The van der Waals surface area contributed by atoms with Crippen molar-refractivity contribution in [1.82, 2.24) is 20.5 Å². The van der Waals surface area contributed by atoms with Gasteiger partial charge in [-0.2, -0.15) is 5.10 Å². The standard InChI is InChI=1S/C11H12BrN5O/c12-10-7(2-1-3-8(10)13)11(18)14-5-4-9-15-6-16-17-9/h1-3,6H,4-5,13H2,(H,14,18)(H,15,16,17). The van der Waals surface area contributed by atoms with Gasteiger partial charge in [0.05, 0.1) is 10.0 Å². The summed E-state index contributed by atoms with van der Waals surface area (Å²) in [7, 11) is 0. The van der Waals surface area contributed by atoms with Gasteiger partial charge in [0, 0.05) is 18.7 Å². The van der Waals surface area contributed by atoms with Gasteiger partial charge in [-0.15, -0.1) is 0 Å². The van der Waals surface area contributed by atoms with Crippen molar-refractivity contribution in [3.63, 3.8) is 0 Å². The molecule has 0 saturated heterocycles. The minimum absolute atomic E-state index is 0.173. The maximum atomic E-state index is 11.9. The molecule has 0 saturated carbocycles. The predicted octanol–water partition coefficient (Wildman–Crippen LogP) is 1.12. The number of aromatic amines is 1. The lowest BCUT2D eigenvalue weighted by molar-refractivity contribution is 0.0953. The Morgan fingerprint density at radius 2 is 2.33 bits per heavy atom. The van der Waals surface area contributed by atoms with E-state index in [1.165, 1.54) is 6.33 Å². The highest BCUT2D eigenvalue weighted by Gasteiger charge is 2.11. The molecule has 1 aromatic carbocycles. The van der Waals surface area contributed by atoms with Gasteiger partial charge in [-0.25, -0.2) is 4.98 Å². The van der Waals surface area contributed by atoms with Crippen LogP contribution in [0.4, 0.5) is 5.69 Å². The van der Waals surface area contributed by atoms with Crippen LogP contribution in [0.5, 0.6) is 0 Å². The molecule has 4 N–H and O–H groups in total. The normalized spacial score (nSPS) is 10.3. The first-order chi connectivity index (χ1) is 8.68. The molecule has 0 aliphatic rings. The first-order valence-corrected chi connectivity index (χ1v) is 6.14. The second kappa shape index (κ2) is 5.63. The average Bonchev–Trinajstić information content (AvgIpc) is 2.85. The molecule has 0 aliphatic carbocycles. The molecule has 94 valence electrons. The van der Waals surface area contributed by atoms with E-state index in [0.717, 1.165) is 5.82 Å². The van der Waals surface area contributed by atoms with Crippen molar-refractivity contribution in [2.45, 2.75) is 6.42 Å². The largest absolute Gasteiger partial charge is 0.398 e. The SMILES string of the molecule is Nc1cccc(C(=O)NCCc2ncn[nH]2)c1Br. The summed E-state index contributed by atoms with van der Waals surface area (Å²) in [5.41, 5.74) is 6.77. The zero-order valence-electron chi connectivity index (χ0n) is 9.48. The fraction of sp³-hybridized carbons (Fsp3) is 0.182. The lowest BCUT2D eigenvalue weighted by Gasteiger charge is -2.07. The summed E-state index contributed by atoms with van der Waals surface area (Å²) in [6.45, 7) is 0.481. The fourth-order valence-corrected chi connectivity index (χ4v) is 1.91. The molecule has 1 amide bonds. The molecular formula is C11H12BrN5O. The molecule has 2 aromatic rings. The van der Waals surface area contributed by atoms with Crippen molar-refractivity contribution in [3.8, 4) is 0 Å². The summed E-state index contributed by atoms with van der Waals surface area (Å²) in [5.74, 6) is 0.565. The van der Waals surface area contributed by atoms with Crippen LogP contribution in [0.15, 0.2) is 29.0 Å². The number of carbonyl (C=O) groups is 1. The van der Waals surface area contributed by atoms with Crippen LogP contribution in [-0.2, 0) is 6.42 Å². The minimum Gasteiger partial charge on any atom is -0.398 e. The van der Waals surface area contributed by atoms with Crippen molar-refractivity contribution < 1.29 is 4.79 Å². The number of nitrogens with zero attached hydrogens (tertiary/aromatic N) is 2. The van der Waals surface area contributed by atoms with Gasteiger partial charge < -0.3 is 11.1 Å². The summed E-state index contributed by atoms with van der Waals surface area (Å²) >= 11 is 3.30. The topological polar surface area (TPSA) is 96.7 Å². The number of hydrogen-bond donors (Lipinski definition) is 3. The van der Waals surface area contributed by atoms with E-state index in [1.807, 2.05) is 0 Å². The highest BCUT2D eigenvalue weighted by Crippen LogP contribution is 2.23. The molecule has 2 rings (SSSR count). The molecule has 0 spiro atoms. The third-order valence-corrected chi connectivity index (χ3v) is 3.27. The molecule has 1 heterocycles. The third kappa shape index (κ3) is 2.86. The first-order valence-electron chi connectivity index (χ1n) is 5.35. The maximum absolute atomic E-state index is 11.9. The summed E-state index contributed by atoms with van der Waals surface area (Å²) < 4.78 is 0.613. The van der Waals surface area contributed by atoms with E-state index in [0.29, 0.717) is 28.7 Å². The van der Waals surface area contributed by atoms with Crippen molar-refractivity contribution in [3.05, 3.63) is 40.4 Å². The van der Waals surface area contributed by atoms with E-state index in [-0.39, 0.29) is 5.91 Å². The molecular weight excluding hydrogens is 298 g/mol. The molecule has 0 aliphatic heterocycles. The van der Waals surface area contributed by atoms with Crippen LogP contribution in [0.1, 0.15) is 16.2 Å². The van der Waals surface area contributed by atoms with E-state index >= 15 is 0 Å². The molecule has 0 radical (unpaired) electrons. The number of H-pyrrole nitrogens is 1. The van der Waals surface area contributed by atoms with Gasteiger partial charge in [0.1, 0.15) is 12.2 Å². The molecule has 6 nitrogen and oxygen atoms in total. The molecule has 0 unspecified atom stereocenters. The van der Waals surface area contributed by atoms with Gasteiger partial charge in [-0.3, -0.25) is 9.89 Å². The number of amides is 1. The van der Waals surface area contributed by atoms with E-state index in [2.05, 4.69) is 36.4 Å². The molecule has 0 atom stereocenters. The number of carbonyl (C=O) groups excluding carboxylic acids is 1. The average molecular weight is 310 g/mol. The van der Waals surface area contributed by atoms with E-state index < -0.39 is 0 Å². The second-order valence-electron chi connectivity index (χ2n) is 3.65. The fourth-order valence-electron chi connectivity index (χ4n) is 1.47. The summed E-state index contributed by atoms with van der Waals surface area (Å²) in [5, 5.41) is 9.25. The van der Waals surface area contributed by atoms with Crippen LogP contribution in [0.2, 0.25) is 0 Å². The van der Waals surface area contributed by atoms with Crippen molar-refractivity contribution in [1.29, 1.82) is 0 Å². The minimum atomic E-state index is -0.173. The van der Waals surface area contributed by atoms with Crippen molar-refractivity contribution in [2.75, 3.05) is 12.3 Å². The number of aromatic nitrogens is 3. The number of hydrogen-bond acceptors (Lipinski definition) is 4. The maximum Gasteiger partial charge on any atom is 0.252 e. The Morgan fingerprint density at radius 1 is 1.50 bits per heavy atom. The zero-order valence-corrected chi connectivity index (χ0v) is 11.1. The van der Waals surface area contributed by atoms with Gasteiger partial charge >= 0.3 is 0 Å². The Balaban J connectivity index is 1.93. The van der Waals surface area contributed by atoms with Crippen LogP contribution in [0, 0.1) is 0 Å². The van der Waals surface area contributed by atoms with Crippen molar-refractivity contribution in [2.24, 2.45) is 0 Å². The lowest BCUT2D eigenvalue weighted by Crippen LogP contribution is -2.26. The van der Waals surface area contributed by atoms with Crippen molar-refractivity contribution >= 4 is 27.5 Å². The van der Waals surface area contributed by atoms with Crippen LogP contribution in [0.25, 0.3) is 0 Å². The van der Waals surface area contributed by atoms with Crippen LogP contribution in [-0.4, -0.2) is 27.6 Å². The number of anilines is 1. The lowest BCUT2D eigenvalue weighted by atomic mass is 10.2. The van der Waals surface area contributed by atoms with E-state index in [4.69, 9.17) is 5.73 Å². The van der Waals surface area contributed by atoms with Gasteiger partial charge in [0.25, 0.3) is 5.91 Å². The number of rotatable bonds is 4. The molecule has 7 heteroatoms. The highest BCUT2D eigenvalue weighted by atomic mass is 79.9. The second-order valence-corrected chi connectivity index (χ2v) is 4.44. The van der Waals surface area contributed by atoms with Crippen LogP contribution in [0.3, 0.4) is 0 Å². The Kier molecular flexibility index (Phi) is 3.93. The van der Waals surface area contributed by atoms with Gasteiger partial charge in [0.15, 0.2) is 0 Å². The van der Waals surface area contributed by atoms with Crippen LogP contribution >= 0.6 is 15.9 Å². The summed E-state index contributed by atoms with van der Waals surface area (Å²) in [6, 6.07) is 5.19. The molecule has 0 fully saturated rings. The van der Waals surface area contributed by atoms with Gasteiger partial charge in [0.2, 0.25) is 0 Å². The predicted molar refractivity (Wildman–Crippen MR) is 71.0 cm³/mol. The Hall–Kier alpha value is -1.89. The first kappa shape index (κ1) is 12.6. The molecule has 1 aromatic heterocycles. The number of benzene rings is 1. The number of nitrogen functional groups attached to an aromatic ring is 1. The molecule has 0 bridgehead atoms. The highest BCUT2D eigenvalue weighted by molar-refractivity contribution is 9.10. The Bertz CT molecular complexity index is 540. The number of halogens is 1. The Morgan fingerprint density at radius 3 is 3.06 bits per heavy atom. The van der Waals surface area contributed by atoms with Gasteiger partial charge in [-0.05, 0) is 28.1 Å². The zero-order chi connectivity index (χ0) is 13.0. The van der Waals surface area contributed by atoms with Gasteiger partial charge in [-0.1, -0.05) is 6.07 Å². The smallest absolute Gasteiger partial charge is 0.252 e. The molecule has 18 heavy (non-hydrogen) atoms. The number of nitrogens with two attached hydrogens (primary N) is 1. The van der Waals surface area contributed by atoms with Crippen LogP contribution < -0.4 is 11.1 Å². The Labute approximate surface area is 112 Å². The monoisotopic (exact) mass is 309 g/mol. The quantitative estimate of drug-likeness (QED) is 0.737. The number of nitrogens with one attached hydrogen (secondary N) is 2. The summed E-state index contributed by atoms with van der Waals surface area (Å²) in [6.07, 6.45) is 2.04. The summed E-state index contributed by atoms with van der Waals surface area (Å²) in [4.78, 5) is 15.9. The van der Waals surface area contributed by atoms with E-state index in [9.17, 15) is 4.79 Å². The van der Waals surface area contributed by atoms with E-state index in [1.54, 1.807) is 18.2 Å². The third-order valence-electron chi connectivity index (χ3n) is 2.39.